The SMILES string of the molecule is CCOc1cccc([C@H](C)NC(=O)N[C@@H](C)c2c(C)nn(C)c2C)c1. The van der Waals surface area contributed by atoms with Crippen LogP contribution in [0.1, 0.15) is 55.4 Å². The molecule has 0 spiro atoms. The second-order valence-electron chi connectivity index (χ2n) is 6.27. The molecule has 0 bridgehead atoms. The van der Waals surface area contributed by atoms with E-state index in [4.69, 9.17) is 4.74 Å². The second-order valence-corrected chi connectivity index (χ2v) is 6.27. The van der Waals surface area contributed by atoms with Gasteiger partial charge in [0, 0.05) is 18.3 Å². The van der Waals surface area contributed by atoms with Crippen molar-refractivity contribution in [3.05, 3.63) is 46.8 Å². The fourth-order valence-electron chi connectivity index (χ4n) is 3.05. The highest BCUT2D eigenvalue weighted by atomic mass is 16.5. The number of amides is 2. The smallest absolute Gasteiger partial charge is 0.315 e. The molecule has 0 aliphatic heterocycles. The molecular weight excluding hydrogens is 316 g/mol. The van der Waals surface area contributed by atoms with E-state index in [0.29, 0.717) is 6.61 Å². The minimum atomic E-state index is -0.204. The summed E-state index contributed by atoms with van der Waals surface area (Å²) >= 11 is 0. The van der Waals surface area contributed by atoms with Gasteiger partial charge in [0.1, 0.15) is 5.75 Å². The molecule has 0 fully saturated rings. The molecule has 6 heteroatoms. The third kappa shape index (κ3) is 4.53. The second kappa shape index (κ2) is 8.05. The summed E-state index contributed by atoms with van der Waals surface area (Å²) in [6.07, 6.45) is 0. The highest BCUT2D eigenvalue weighted by Crippen LogP contribution is 2.21. The topological polar surface area (TPSA) is 68.2 Å². The van der Waals surface area contributed by atoms with Gasteiger partial charge in [-0.05, 0) is 52.3 Å². The van der Waals surface area contributed by atoms with Gasteiger partial charge in [0.15, 0.2) is 0 Å². The molecule has 0 aliphatic carbocycles. The van der Waals surface area contributed by atoms with Crippen LogP contribution in [-0.2, 0) is 7.05 Å². The third-order valence-corrected chi connectivity index (χ3v) is 4.36. The molecule has 136 valence electrons. The summed E-state index contributed by atoms with van der Waals surface area (Å²) in [5.74, 6) is 0.809. The first kappa shape index (κ1) is 18.8. The molecule has 0 radical (unpaired) electrons. The zero-order chi connectivity index (χ0) is 18.6. The molecule has 2 N–H and O–H groups in total. The van der Waals surface area contributed by atoms with Gasteiger partial charge in [-0.2, -0.15) is 5.10 Å². The Hall–Kier alpha value is -2.50. The lowest BCUT2D eigenvalue weighted by molar-refractivity contribution is 0.235. The first-order valence-corrected chi connectivity index (χ1v) is 8.63. The predicted molar refractivity (Wildman–Crippen MR) is 98.8 cm³/mol. The number of benzene rings is 1. The fourth-order valence-corrected chi connectivity index (χ4v) is 3.05. The van der Waals surface area contributed by atoms with Gasteiger partial charge in [-0.3, -0.25) is 4.68 Å². The summed E-state index contributed by atoms with van der Waals surface area (Å²) in [5.41, 5.74) is 4.05. The average molecular weight is 344 g/mol. The molecule has 1 aromatic heterocycles. The molecule has 6 nitrogen and oxygen atoms in total. The van der Waals surface area contributed by atoms with Crippen molar-refractivity contribution < 1.29 is 9.53 Å². The molecule has 0 saturated carbocycles. The summed E-state index contributed by atoms with van der Waals surface area (Å²) in [6, 6.07) is 7.33. The minimum Gasteiger partial charge on any atom is -0.494 e. The van der Waals surface area contributed by atoms with Gasteiger partial charge in [-0.15, -0.1) is 0 Å². The molecule has 0 unspecified atom stereocenters. The van der Waals surface area contributed by atoms with Gasteiger partial charge >= 0.3 is 6.03 Å². The molecule has 0 saturated heterocycles. The van der Waals surface area contributed by atoms with E-state index in [-0.39, 0.29) is 18.1 Å². The number of urea groups is 1. The summed E-state index contributed by atoms with van der Waals surface area (Å²) in [7, 11) is 1.91. The Morgan fingerprint density at radius 3 is 2.52 bits per heavy atom. The maximum absolute atomic E-state index is 12.4. The Morgan fingerprint density at radius 2 is 1.92 bits per heavy atom. The van der Waals surface area contributed by atoms with E-state index in [2.05, 4.69) is 15.7 Å². The number of aryl methyl sites for hydroxylation is 2. The largest absolute Gasteiger partial charge is 0.494 e. The van der Waals surface area contributed by atoms with Crippen LogP contribution in [0.2, 0.25) is 0 Å². The zero-order valence-electron chi connectivity index (χ0n) is 15.9. The van der Waals surface area contributed by atoms with Crippen LogP contribution in [0.25, 0.3) is 0 Å². The lowest BCUT2D eigenvalue weighted by Gasteiger charge is -2.19. The predicted octanol–water partition coefficient (Wildman–Crippen LogP) is 3.56. The number of hydrogen-bond donors (Lipinski definition) is 2. The van der Waals surface area contributed by atoms with Crippen LogP contribution < -0.4 is 15.4 Å². The Labute approximate surface area is 149 Å². The lowest BCUT2D eigenvalue weighted by Crippen LogP contribution is -2.38. The van der Waals surface area contributed by atoms with Gasteiger partial charge in [0.2, 0.25) is 0 Å². The van der Waals surface area contributed by atoms with Crippen molar-refractivity contribution in [2.45, 2.75) is 46.7 Å². The van der Waals surface area contributed by atoms with E-state index in [0.717, 1.165) is 28.3 Å². The maximum atomic E-state index is 12.4. The molecule has 0 aliphatic rings. The Kier molecular flexibility index (Phi) is 6.07. The highest BCUT2D eigenvalue weighted by molar-refractivity contribution is 5.75. The molecule has 2 atom stereocenters. The number of aromatic nitrogens is 2. The monoisotopic (exact) mass is 344 g/mol. The van der Waals surface area contributed by atoms with Crippen LogP contribution in [0, 0.1) is 13.8 Å². The molecule has 2 amide bonds. The van der Waals surface area contributed by atoms with Gasteiger partial charge in [0.05, 0.1) is 24.4 Å². The van der Waals surface area contributed by atoms with Gasteiger partial charge in [-0.1, -0.05) is 12.1 Å². The van der Waals surface area contributed by atoms with Gasteiger partial charge < -0.3 is 15.4 Å². The molecule has 1 aromatic carbocycles. The molecule has 25 heavy (non-hydrogen) atoms. The van der Waals surface area contributed by atoms with Gasteiger partial charge in [-0.25, -0.2) is 4.79 Å². The summed E-state index contributed by atoms with van der Waals surface area (Å²) in [5, 5.41) is 10.4. The normalized spacial score (nSPS) is 13.2. The molecule has 1 heterocycles. The lowest BCUT2D eigenvalue weighted by atomic mass is 10.1. The number of nitrogens with one attached hydrogen (secondary N) is 2. The van der Waals surface area contributed by atoms with Crippen molar-refractivity contribution >= 4 is 6.03 Å². The van der Waals surface area contributed by atoms with Crippen molar-refractivity contribution in [2.24, 2.45) is 7.05 Å². The number of carbonyl (C=O) groups is 1. The van der Waals surface area contributed by atoms with Crippen molar-refractivity contribution in [3.8, 4) is 5.75 Å². The molecular formula is C19H28N4O2. The van der Waals surface area contributed by atoms with Gasteiger partial charge in [0.25, 0.3) is 0 Å². The zero-order valence-corrected chi connectivity index (χ0v) is 15.9. The van der Waals surface area contributed by atoms with Crippen LogP contribution >= 0.6 is 0 Å². The molecule has 2 aromatic rings. The summed E-state index contributed by atoms with van der Waals surface area (Å²) in [6.45, 7) is 10.5. The minimum absolute atomic E-state index is 0.115. The first-order valence-electron chi connectivity index (χ1n) is 8.63. The fraction of sp³-hybridized carbons (Fsp3) is 0.474. The highest BCUT2D eigenvalue weighted by Gasteiger charge is 2.19. The van der Waals surface area contributed by atoms with E-state index in [1.165, 1.54) is 0 Å². The summed E-state index contributed by atoms with van der Waals surface area (Å²) in [4.78, 5) is 12.4. The number of rotatable bonds is 6. The standard InChI is InChI=1S/C19H28N4O2/c1-7-25-17-10-8-9-16(11-17)12(2)20-19(24)21-13(3)18-14(4)22-23(6)15(18)5/h8-13H,7H2,1-6H3,(H2,20,21,24)/t12-,13-/m0/s1. The summed E-state index contributed by atoms with van der Waals surface area (Å²) < 4.78 is 7.35. The van der Waals surface area contributed by atoms with E-state index < -0.39 is 0 Å². The molecule has 2 rings (SSSR count). The van der Waals surface area contributed by atoms with Crippen LogP contribution in [-0.4, -0.2) is 22.4 Å². The average Bonchev–Trinajstić information content (AvgIpc) is 2.80. The first-order chi connectivity index (χ1) is 11.8. The number of nitrogens with zero attached hydrogens (tertiary/aromatic N) is 2. The Balaban J connectivity index is 2.00. The van der Waals surface area contributed by atoms with Crippen molar-refractivity contribution in [1.82, 2.24) is 20.4 Å². The van der Waals surface area contributed by atoms with E-state index in [1.54, 1.807) is 0 Å². The Bertz CT molecular complexity index is 739. The third-order valence-electron chi connectivity index (χ3n) is 4.36. The van der Waals surface area contributed by atoms with E-state index >= 15 is 0 Å². The van der Waals surface area contributed by atoms with Crippen molar-refractivity contribution in [2.75, 3.05) is 6.61 Å². The van der Waals surface area contributed by atoms with Crippen molar-refractivity contribution in [3.63, 3.8) is 0 Å². The van der Waals surface area contributed by atoms with E-state index in [9.17, 15) is 4.79 Å². The van der Waals surface area contributed by atoms with Crippen LogP contribution in [0.15, 0.2) is 24.3 Å². The van der Waals surface area contributed by atoms with E-state index in [1.807, 2.05) is 70.6 Å². The number of ether oxygens (including phenoxy) is 1. The van der Waals surface area contributed by atoms with Crippen LogP contribution in [0.4, 0.5) is 4.79 Å². The van der Waals surface area contributed by atoms with Crippen LogP contribution in [0.3, 0.4) is 0 Å². The number of hydrogen-bond acceptors (Lipinski definition) is 3. The number of carbonyl (C=O) groups excluding carboxylic acids is 1. The maximum Gasteiger partial charge on any atom is 0.315 e. The quantitative estimate of drug-likeness (QED) is 0.842. The van der Waals surface area contributed by atoms with Crippen molar-refractivity contribution in [1.29, 1.82) is 0 Å². The Morgan fingerprint density at radius 1 is 1.24 bits per heavy atom. The van der Waals surface area contributed by atoms with Crippen LogP contribution in [0.5, 0.6) is 5.75 Å².